The standard InChI is InChI=1S/C12H20N2O3/c1-9-10(17-8-14-9)11(16)13-7-12(2,3)5-4-6-15/h8,15H,4-7H2,1-3H3,(H,13,16). The zero-order valence-electron chi connectivity index (χ0n) is 10.6. The van der Waals surface area contributed by atoms with Gasteiger partial charge in [0.15, 0.2) is 6.39 Å². The highest BCUT2D eigenvalue weighted by Crippen LogP contribution is 2.21. The largest absolute Gasteiger partial charge is 0.438 e. The van der Waals surface area contributed by atoms with Gasteiger partial charge in [0.2, 0.25) is 5.76 Å². The maximum absolute atomic E-state index is 11.8. The SMILES string of the molecule is Cc1ncoc1C(=O)NCC(C)(C)CCCO. The molecule has 5 heteroatoms. The Kier molecular flexibility index (Phi) is 4.69. The van der Waals surface area contributed by atoms with Crippen molar-refractivity contribution >= 4 is 5.91 Å². The van der Waals surface area contributed by atoms with Crippen molar-refractivity contribution < 1.29 is 14.3 Å². The monoisotopic (exact) mass is 240 g/mol. The Morgan fingerprint density at radius 2 is 2.29 bits per heavy atom. The van der Waals surface area contributed by atoms with Gasteiger partial charge in [0.25, 0.3) is 5.91 Å². The summed E-state index contributed by atoms with van der Waals surface area (Å²) < 4.78 is 5.01. The van der Waals surface area contributed by atoms with Gasteiger partial charge < -0.3 is 14.8 Å². The lowest BCUT2D eigenvalue weighted by Gasteiger charge is -2.24. The van der Waals surface area contributed by atoms with Crippen LogP contribution in [0, 0.1) is 12.3 Å². The molecule has 0 fully saturated rings. The van der Waals surface area contributed by atoms with E-state index in [-0.39, 0.29) is 23.7 Å². The first-order valence-electron chi connectivity index (χ1n) is 5.75. The summed E-state index contributed by atoms with van der Waals surface area (Å²) in [5.74, 6) is 0.0278. The predicted octanol–water partition coefficient (Wildman–Crippen LogP) is 1.51. The third kappa shape index (κ3) is 4.19. The number of hydrogen-bond donors (Lipinski definition) is 2. The number of aliphatic hydroxyl groups is 1. The first-order valence-corrected chi connectivity index (χ1v) is 5.75. The van der Waals surface area contributed by atoms with Gasteiger partial charge in [-0.2, -0.15) is 0 Å². The van der Waals surface area contributed by atoms with Gasteiger partial charge in [-0.1, -0.05) is 13.8 Å². The fourth-order valence-corrected chi connectivity index (χ4v) is 1.57. The fraction of sp³-hybridized carbons (Fsp3) is 0.667. The van der Waals surface area contributed by atoms with Crippen LogP contribution in [-0.4, -0.2) is 29.1 Å². The highest BCUT2D eigenvalue weighted by molar-refractivity contribution is 5.92. The number of oxazole rings is 1. The van der Waals surface area contributed by atoms with Gasteiger partial charge in [0.05, 0.1) is 5.69 Å². The molecule has 96 valence electrons. The Hall–Kier alpha value is -1.36. The molecule has 1 amide bonds. The Morgan fingerprint density at radius 3 is 2.82 bits per heavy atom. The number of amides is 1. The summed E-state index contributed by atoms with van der Waals surface area (Å²) in [6, 6.07) is 0. The van der Waals surface area contributed by atoms with E-state index in [0.717, 1.165) is 12.8 Å². The van der Waals surface area contributed by atoms with Crippen LogP contribution in [0.5, 0.6) is 0 Å². The lowest BCUT2D eigenvalue weighted by atomic mass is 9.88. The second-order valence-corrected chi connectivity index (χ2v) is 4.94. The van der Waals surface area contributed by atoms with Crippen LogP contribution in [0.1, 0.15) is 42.9 Å². The van der Waals surface area contributed by atoms with Crippen molar-refractivity contribution in [1.82, 2.24) is 10.3 Å². The van der Waals surface area contributed by atoms with Crippen molar-refractivity contribution in [2.75, 3.05) is 13.2 Å². The van der Waals surface area contributed by atoms with E-state index in [9.17, 15) is 4.79 Å². The Bertz CT molecular complexity index is 372. The Balaban J connectivity index is 2.45. The van der Waals surface area contributed by atoms with Gasteiger partial charge in [-0.15, -0.1) is 0 Å². The summed E-state index contributed by atoms with van der Waals surface area (Å²) in [4.78, 5) is 15.6. The van der Waals surface area contributed by atoms with Crippen molar-refractivity contribution in [3.05, 3.63) is 17.8 Å². The first kappa shape index (κ1) is 13.7. The molecular formula is C12H20N2O3. The van der Waals surface area contributed by atoms with Crippen molar-refractivity contribution in [2.24, 2.45) is 5.41 Å². The highest BCUT2D eigenvalue weighted by atomic mass is 16.3. The Labute approximate surface area is 101 Å². The van der Waals surface area contributed by atoms with E-state index in [0.29, 0.717) is 12.2 Å². The number of carbonyl (C=O) groups is 1. The Morgan fingerprint density at radius 1 is 1.59 bits per heavy atom. The molecule has 0 aliphatic rings. The summed E-state index contributed by atoms with van der Waals surface area (Å²) in [7, 11) is 0. The predicted molar refractivity (Wildman–Crippen MR) is 63.7 cm³/mol. The molecule has 1 aromatic heterocycles. The number of aryl methyl sites for hydroxylation is 1. The van der Waals surface area contributed by atoms with E-state index in [1.54, 1.807) is 6.92 Å². The summed E-state index contributed by atoms with van der Waals surface area (Å²) in [5.41, 5.74) is 0.558. The van der Waals surface area contributed by atoms with Crippen LogP contribution in [0.15, 0.2) is 10.8 Å². The molecule has 0 aliphatic carbocycles. The van der Waals surface area contributed by atoms with Crippen molar-refractivity contribution in [2.45, 2.75) is 33.6 Å². The average molecular weight is 240 g/mol. The van der Waals surface area contributed by atoms with Crippen molar-refractivity contribution in [1.29, 1.82) is 0 Å². The van der Waals surface area contributed by atoms with Crippen LogP contribution >= 0.6 is 0 Å². The smallest absolute Gasteiger partial charge is 0.289 e. The maximum atomic E-state index is 11.8. The second kappa shape index (κ2) is 5.82. The van der Waals surface area contributed by atoms with Crippen LogP contribution in [0.3, 0.4) is 0 Å². The van der Waals surface area contributed by atoms with Crippen LogP contribution in [-0.2, 0) is 0 Å². The summed E-state index contributed by atoms with van der Waals surface area (Å²) in [6.45, 7) is 6.56. The number of carbonyl (C=O) groups excluding carboxylic acids is 1. The molecule has 0 aromatic carbocycles. The summed E-state index contributed by atoms with van der Waals surface area (Å²) in [6.07, 6.45) is 2.87. The maximum Gasteiger partial charge on any atom is 0.289 e. The normalized spacial score (nSPS) is 11.5. The van der Waals surface area contributed by atoms with Crippen LogP contribution < -0.4 is 5.32 Å². The van der Waals surface area contributed by atoms with Gasteiger partial charge >= 0.3 is 0 Å². The third-order valence-corrected chi connectivity index (χ3v) is 2.69. The van der Waals surface area contributed by atoms with Crippen LogP contribution in [0.4, 0.5) is 0 Å². The van der Waals surface area contributed by atoms with Gasteiger partial charge in [-0.25, -0.2) is 4.98 Å². The molecule has 0 aliphatic heterocycles. The molecule has 1 aromatic rings. The van der Waals surface area contributed by atoms with Crippen molar-refractivity contribution in [3.63, 3.8) is 0 Å². The minimum atomic E-state index is -0.239. The molecule has 17 heavy (non-hydrogen) atoms. The molecule has 0 saturated carbocycles. The highest BCUT2D eigenvalue weighted by Gasteiger charge is 2.20. The average Bonchev–Trinajstić information content (AvgIpc) is 2.70. The van der Waals surface area contributed by atoms with E-state index < -0.39 is 0 Å². The molecule has 0 saturated heterocycles. The molecule has 0 atom stereocenters. The van der Waals surface area contributed by atoms with E-state index >= 15 is 0 Å². The minimum absolute atomic E-state index is 0.0354. The molecular weight excluding hydrogens is 220 g/mol. The molecule has 1 heterocycles. The molecule has 0 radical (unpaired) electrons. The van der Waals surface area contributed by atoms with E-state index in [2.05, 4.69) is 24.1 Å². The number of aromatic nitrogens is 1. The summed E-state index contributed by atoms with van der Waals surface area (Å²) >= 11 is 0. The van der Waals surface area contributed by atoms with Gasteiger partial charge in [-0.3, -0.25) is 4.79 Å². The number of nitrogens with one attached hydrogen (secondary N) is 1. The lowest BCUT2D eigenvalue weighted by Crippen LogP contribution is -2.34. The lowest BCUT2D eigenvalue weighted by molar-refractivity contribution is 0.0904. The van der Waals surface area contributed by atoms with Gasteiger partial charge in [0.1, 0.15) is 0 Å². The van der Waals surface area contributed by atoms with E-state index in [1.165, 1.54) is 6.39 Å². The second-order valence-electron chi connectivity index (χ2n) is 4.94. The number of aliphatic hydroxyl groups excluding tert-OH is 1. The van der Waals surface area contributed by atoms with E-state index in [1.807, 2.05) is 0 Å². The summed E-state index contributed by atoms with van der Waals surface area (Å²) in [5, 5.41) is 11.6. The van der Waals surface area contributed by atoms with Crippen LogP contribution in [0.25, 0.3) is 0 Å². The van der Waals surface area contributed by atoms with Gasteiger partial charge in [0, 0.05) is 13.2 Å². The fourth-order valence-electron chi connectivity index (χ4n) is 1.57. The van der Waals surface area contributed by atoms with Gasteiger partial charge in [-0.05, 0) is 25.2 Å². The van der Waals surface area contributed by atoms with Crippen molar-refractivity contribution in [3.8, 4) is 0 Å². The quantitative estimate of drug-likeness (QED) is 0.790. The number of nitrogens with zero attached hydrogens (tertiary/aromatic N) is 1. The molecule has 5 nitrogen and oxygen atoms in total. The molecule has 0 unspecified atom stereocenters. The zero-order valence-corrected chi connectivity index (χ0v) is 10.6. The first-order chi connectivity index (χ1) is 7.96. The number of rotatable bonds is 6. The zero-order chi connectivity index (χ0) is 12.9. The topological polar surface area (TPSA) is 75.4 Å². The van der Waals surface area contributed by atoms with E-state index in [4.69, 9.17) is 9.52 Å². The minimum Gasteiger partial charge on any atom is -0.438 e. The number of hydrogen-bond acceptors (Lipinski definition) is 4. The molecule has 0 bridgehead atoms. The molecule has 2 N–H and O–H groups in total. The van der Waals surface area contributed by atoms with Crippen LogP contribution in [0.2, 0.25) is 0 Å². The molecule has 0 spiro atoms. The third-order valence-electron chi connectivity index (χ3n) is 2.69. The molecule has 1 rings (SSSR count).